The van der Waals surface area contributed by atoms with E-state index in [1.54, 1.807) is 47.8 Å². The normalized spacial score (nSPS) is 11.2. The molecule has 0 bridgehead atoms. The second-order valence-electron chi connectivity index (χ2n) is 7.36. The van der Waals surface area contributed by atoms with Crippen molar-refractivity contribution in [3.8, 4) is 0 Å². The molecule has 0 aliphatic heterocycles. The minimum Gasteiger partial charge on any atom is -0.462 e. The monoisotopic (exact) mass is 473 g/mol. The van der Waals surface area contributed by atoms with Crippen molar-refractivity contribution in [1.82, 2.24) is 4.98 Å². The van der Waals surface area contributed by atoms with Crippen LogP contribution in [0.4, 0.5) is 10.8 Å². The molecule has 0 aliphatic rings. The molecular weight excluding hydrogens is 450 g/mol. The maximum Gasteiger partial charge on any atom is 0.338 e. The van der Waals surface area contributed by atoms with Crippen LogP contribution in [0.2, 0.25) is 0 Å². The average Bonchev–Trinajstić information content (AvgIpc) is 3.18. The van der Waals surface area contributed by atoms with Crippen LogP contribution < -0.4 is 10.0 Å². The van der Waals surface area contributed by atoms with Gasteiger partial charge in [0, 0.05) is 11.1 Å². The van der Waals surface area contributed by atoms with Gasteiger partial charge in [0.1, 0.15) is 0 Å². The number of ether oxygens (including phenoxy) is 1. The molecule has 0 fully saturated rings. The van der Waals surface area contributed by atoms with Crippen LogP contribution in [0.5, 0.6) is 0 Å². The molecule has 1 heterocycles. The topological polar surface area (TPSA) is 114 Å². The largest absolute Gasteiger partial charge is 0.462 e. The quantitative estimate of drug-likeness (QED) is 0.455. The molecule has 0 aliphatic carbocycles. The Balaban J connectivity index is 1.55. The van der Waals surface area contributed by atoms with Crippen LogP contribution >= 0.6 is 11.3 Å². The molecule has 0 spiro atoms. The van der Waals surface area contributed by atoms with Crippen molar-refractivity contribution in [2.24, 2.45) is 5.92 Å². The number of thiazole rings is 1. The van der Waals surface area contributed by atoms with E-state index in [0.29, 0.717) is 23.6 Å². The van der Waals surface area contributed by atoms with Crippen molar-refractivity contribution in [2.45, 2.75) is 25.2 Å². The van der Waals surface area contributed by atoms with Crippen molar-refractivity contribution in [1.29, 1.82) is 0 Å². The highest BCUT2D eigenvalue weighted by atomic mass is 32.2. The molecule has 0 atom stereocenters. The van der Waals surface area contributed by atoms with Crippen molar-refractivity contribution in [2.75, 3.05) is 16.6 Å². The number of rotatable bonds is 9. The van der Waals surface area contributed by atoms with E-state index in [1.165, 1.54) is 12.1 Å². The van der Waals surface area contributed by atoms with Gasteiger partial charge in [-0.15, -0.1) is 11.3 Å². The van der Waals surface area contributed by atoms with Gasteiger partial charge in [0.25, 0.3) is 10.0 Å². The Morgan fingerprint density at radius 2 is 1.75 bits per heavy atom. The smallest absolute Gasteiger partial charge is 0.338 e. The number of anilines is 2. The standard InChI is InChI=1S/C22H23N3O5S2/c1-15(2)13-30-21(27)16-8-10-17(11-9-16)23-20(26)12-18-14-31-22(24-18)25-32(28,29)19-6-4-3-5-7-19/h3-11,14-15H,12-13H2,1-2H3,(H,23,26)(H,24,25). The first-order chi connectivity index (χ1) is 15.2. The number of carbonyl (C=O) groups is 2. The lowest BCUT2D eigenvalue weighted by Gasteiger charge is -2.08. The van der Waals surface area contributed by atoms with Gasteiger partial charge in [-0.2, -0.15) is 0 Å². The third-order valence-electron chi connectivity index (χ3n) is 4.12. The minimum absolute atomic E-state index is 0.0260. The molecule has 2 aromatic carbocycles. The number of aromatic nitrogens is 1. The lowest BCUT2D eigenvalue weighted by atomic mass is 10.2. The van der Waals surface area contributed by atoms with E-state index in [0.717, 1.165) is 11.3 Å². The number of amides is 1. The molecule has 8 nitrogen and oxygen atoms in total. The van der Waals surface area contributed by atoms with Crippen molar-refractivity contribution < 1.29 is 22.7 Å². The third-order valence-corrected chi connectivity index (χ3v) is 6.41. The van der Waals surface area contributed by atoms with E-state index in [-0.39, 0.29) is 28.3 Å². The summed E-state index contributed by atoms with van der Waals surface area (Å²) in [5.74, 6) is -0.482. The number of carbonyl (C=O) groups excluding carboxylic acids is 2. The van der Waals surface area contributed by atoms with E-state index >= 15 is 0 Å². The van der Waals surface area contributed by atoms with Gasteiger partial charge in [-0.1, -0.05) is 32.0 Å². The summed E-state index contributed by atoms with van der Waals surface area (Å²) in [6, 6.07) is 14.4. The fraction of sp³-hybridized carbons (Fsp3) is 0.227. The zero-order chi connectivity index (χ0) is 23.1. The van der Waals surface area contributed by atoms with Crippen molar-refractivity contribution in [3.05, 3.63) is 71.2 Å². The molecule has 0 unspecified atom stereocenters. The van der Waals surface area contributed by atoms with Gasteiger partial charge in [-0.25, -0.2) is 18.2 Å². The fourth-order valence-electron chi connectivity index (χ4n) is 2.59. The highest BCUT2D eigenvalue weighted by Gasteiger charge is 2.16. The zero-order valence-corrected chi connectivity index (χ0v) is 19.2. The van der Waals surface area contributed by atoms with E-state index in [2.05, 4.69) is 15.0 Å². The molecule has 10 heteroatoms. The summed E-state index contributed by atoms with van der Waals surface area (Å²) in [6.45, 7) is 4.25. The second-order valence-corrected chi connectivity index (χ2v) is 9.90. The fourth-order valence-corrected chi connectivity index (χ4v) is 4.58. The van der Waals surface area contributed by atoms with Gasteiger partial charge in [0.05, 0.1) is 29.2 Å². The molecular formula is C22H23N3O5S2. The van der Waals surface area contributed by atoms with Crippen LogP contribution in [0.1, 0.15) is 29.9 Å². The van der Waals surface area contributed by atoms with Crippen LogP contribution in [-0.4, -0.2) is 31.9 Å². The average molecular weight is 474 g/mol. The summed E-state index contributed by atoms with van der Waals surface area (Å²) in [5, 5.41) is 4.53. The van der Waals surface area contributed by atoms with E-state index in [1.807, 2.05) is 13.8 Å². The molecule has 3 aromatic rings. The number of nitrogens with one attached hydrogen (secondary N) is 2. The number of esters is 1. The molecule has 1 aromatic heterocycles. The van der Waals surface area contributed by atoms with Gasteiger partial charge in [0.15, 0.2) is 5.13 Å². The Morgan fingerprint density at radius 3 is 2.41 bits per heavy atom. The maximum absolute atomic E-state index is 12.4. The van der Waals surface area contributed by atoms with Crippen LogP contribution in [0.25, 0.3) is 0 Å². The van der Waals surface area contributed by atoms with E-state index in [4.69, 9.17) is 4.74 Å². The first kappa shape index (κ1) is 23.4. The van der Waals surface area contributed by atoms with Crippen LogP contribution in [0.3, 0.4) is 0 Å². The number of benzene rings is 2. The molecule has 0 saturated carbocycles. The number of sulfonamides is 1. The molecule has 2 N–H and O–H groups in total. The Morgan fingerprint density at radius 1 is 1.06 bits per heavy atom. The van der Waals surface area contributed by atoms with Gasteiger partial charge >= 0.3 is 5.97 Å². The highest BCUT2D eigenvalue weighted by Crippen LogP contribution is 2.21. The first-order valence-corrected chi connectivity index (χ1v) is 12.2. The Labute approximate surface area is 190 Å². The lowest BCUT2D eigenvalue weighted by Crippen LogP contribution is -2.15. The Kier molecular flexibility index (Phi) is 7.60. The molecule has 32 heavy (non-hydrogen) atoms. The molecule has 3 rings (SSSR count). The predicted molar refractivity (Wildman–Crippen MR) is 123 cm³/mol. The number of hydrogen-bond acceptors (Lipinski definition) is 7. The summed E-state index contributed by atoms with van der Waals surface area (Å²) < 4.78 is 32.3. The van der Waals surface area contributed by atoms with Gasteiger partial charge in [0.2, 0.25) is 5.91 Å². The van der Waals surface area contributed by atoms with Crippen LogP contribution in [0.15, 0.2) is 64.9 Å². The molecule has 168 valence electrons. The SMILES string of the molecule is CC(C)COC(=O)c1ccc(NC(=O)Cc2csc(NS(=O)(=O)c3ccccc3)n2)cc1. The lowest BCUT2D eigenvalue weighted by molar-refractivity contribution is -0.115. The summed E-state index contributed by atoms with van der Waals surface area (Å²) in [6.07, 6.45) is -0.0260. The summed E-state index contributed by atoms with van der Waals surface area (Å²) in [5.41, 5.74) is 1.36. The second kappa shape index (κ2) is 10.4. The summed E-state index contributed by atoms with van der Waals surface area (Å²) in [7, 11) is -3.74. The van der Waals surface area contributed by atoms with E-state index in [9.17, 15) is 18.0 Å². The zero-order valence-electron chi connectivity index (χ0n) is 17.6. The third kappa shape index (κ3) is 6.63. The van der Waals surface area contributed by atoms with Crippen LogP contribution in [0, 0.1) is 5.92 Å². The van der Waals surface area contributed by atoms with E-state index < -0.39 is 16.0 Å². The first-order valence-electron chi connectivity index (χ1n) is 9.82. The maximum atomic E-state index is 12.4. The van der Waals surface area contributed by atoms with Gasteiger partial charge in [-0.05, 0) is 42.3 Å². The molecule has 0 saturated heterocycles. The minimum atomic E-state index is -3.74. The molecule has 1 amide bonds. The van der Waals surface area contributed by atoms with Crippen LogP contribution in [-0.2, 0) is 26.0 Å². The van der Waals surface area contributed by atoms with Gasteiger partial charge < -0.3 is 10.1 Å². The molecule has 0 radical (unpaired) electrons. The summed E-state index contributed by atoms with van der Waals surface area (Å²) in [4.78, 5) is 28.6. The van der Waals surface area contributed by atoms with Gasteiger partial charge in [-0.3, -0.25) is 9.52 Å². The highest BCUT2D eigenvalue weighted by molar-refractivity contribution is 7.93. The van der Waals surface area contributed by atoms with Crippen molar-refractivity contribution >= 4 is 44.1 Å². The summed E-state index contributed by atoms with van der Waals surface area (Å²) >= 11 is 1.10. The Bertz CT molecular complexity index is 1170. The number of hydrogen-bond donors (Lipinski definition) is 2. The number of nitrogens with zero attached hydrogens (tertiary/aromatic N) is 1. The van der Waals surface area contributed by atoms with Crippen molar-refractivity contribution in [3.63, 3.8) is 0 Å². The predicted octanol–water partition coefficient (Wildman–Crippen LogP) is 3.94. The Hall–Kier alpha value is -3.24.